The molecule has 0 aliphatic carbocycles. The van der Waals surface area contributed by atoms with Crippen molar-refractivity contribution >= 4 is 11.9 Å². The minimum Gasteiger partial charge on any atom is -0.459 e. The van der Waals surface area contributed by atoms with Gasteiger partial charge in [-0.05, 0) is 12.1 Å². The highest BCUT2D eigenvalue weighted by Crippen LogP contribution is 2.13. The lowest BCUT2D eigenvalue weighted by atomic mass is 10.2. The number of nitrogen functional groups attached to an aromatic ring is 1. The normalized spacial score (nSPS) is 10.4. The average molecular weight is 268 g/mol. The van der Waals surface area contributed by atoms with Gasteiger partial charge in [-0.3, -0.25) is 4.79 Å². The lowest BCUT2D eigenvalue weighted by Gasteiger charge is -2.06. The third-order valence-corrected chi connectivity index (χ3v) is 2.28. The molecule has 19 heavy (non-hydrogen) atoms. The minimum absolute atomic E-state index is 0.0212. The van der Waals surface area contributed by atoms with Gasteiger partial charge in [0.1, 0.15) is 31.1 Å². The van der Waals surface area contributed by atoms with Gasteiger partial charge >= 0.3 is 5.97 Å². The van der Waals surface area contributed by atoms with Crippen LogP contribution >= 0.6 is 0 Å². The molecule has 100 valence electrons. The van der Waals surface area contributed by atoms with Crippen molar-refractivity contribution in [3.63, 3.8) is 0 Å². The van der Waals surface area contributed by atoms with Gasteiger partial charge in [0, 0.05) is 0 Å². The van der Waals surface area contributed by atoms with Crippen molar-refractivity contribution < 1.29 is 18.3 Å². The number of benzene rings is 1. The van der Waals surface area contributed by atoms with Crippen molar-refractivity contribution in [2.75, 3.05) is 5.73 Å². The van der Waals surface area contributed by atoms with Crippen LogP contribution in [0, 0.1) is 11.6 Å². The van der Waals surface area contributed by atoms with E-state index in [1.807, 2.05) is 0 Å². The van der Waals surface area contributed by atoms with Gasteiger partial charge in [-0.15, -0.1) is 5.10 Å². The molecule has 0 unspecified atom stereocenters. The summed E-state index contributed by atoms with van der Waals surface area (Å²) in [5, 5.41) is 3.68. The van der Waals surface area contributed by atoms with Crippen molar-refractivity contribution in [1.29, 1.82) is 0 Å². The predicted molar refractivity (Wildman–Crippen MR) is 60.6 cm³/mol. The van der Waals surface area contributed by atoms with E-state index < -0.39 is 24.2 Å². The Balaban J connectivity index is 1.93. The molecule has 0 saturated heterocycles. The van der Waals surface area contributed by atoms with Gasteiger partial charge in [0.15, 0.2) is 0 Å². The molecule has 6 nitrogen and oxygen atoms in total. The van der Waals surface area contributed by atoms with Gasteiger partial charge in [-0.2, -0.15) is 0 Å². The summed E-state index contributed by atoms with van der Waals surface area (Å²) in [6.45, 7) is -0.720. The number of anilines is 1. The van der Waals surface area contributed by atoms with E-state index in [0.717, 1.165) is 16.8 Å². The van der Waals surface area contributed by atoms with Gasteiger partial charge in [0.25, 0.3) is 0 Å². The number of aromatic nitrogens is 3. The fourth-order valence-corrected chi connectivity index (χ4v) is 1.39. The number of esters is 1. The number of hydrogen-bond acceptors (Lipinski definition) is 5. The Hall–Kier alpha value is -2.51. The van der Waals surface area contributed by atoms with Gasteiger partial charge in [0.05, 0.1) is 5.56 Å². The highest BCUT2D eigenvalue weighted by atomic mass is 19.1. The monoisotopic (exact) mass is 268 g/mol. The summed E-state index contributed by atoms with van der Waals surface area (Å²) >= 11 is 0. The summed E-state index contributed by atoms with van der Waals surface area (Å²) in [4.78, 5) is 15.0. The van der Waals surface area contributed by atoms with Crippen LogP contribution in [-0.4, -0.2) is 20.7 Å². The summed E-state index contributed by atoms with van der Waals surface area (Å²) in [6.07, 6.45) is 1.25. The zero-order valence-corrected chi connectivity index (χ0v) is 9.72. The Bertz CT molecular complexity index is 580. The van der Waals surface area contributed by atoms with Crippen LogP contribution < -0.4 is 5.73 Å². The van der Waals surface area contributed by atoms with Gasteiger partial charge in [-0.25, -0.2) is 18.4 Å². The van der Waals surface area contributed by atoms with Crippen LogP contribution in [0.25, 0.3) is 0 Å². The number of nitrogens with zero attached hydrogens (tertiary/aromatic N) is 3. The van der Waals surface area contributed by atoms with Crippen LogP contribution in [0.4, 0.5) is 14.7 Å². The standard InChI is InChI=1S/C11H10F2N4O2/c12-8-2-1-3-9(13)7(8)5-19-10(18)4-17-6-15-11(14)16-17/h1-3,6H,4-5H2,(H2,14,16). The van der Waals surface area contributed by atoms with E-state index in [9.17, 15) is 13.6 Å². The molecule has 0 fully saturated rings. The number of rotatable bonds is 4. The number of ether oxygens (including phenoxy) is 1. The third-order valence-electron chi connectivity index (χ3n) is 2.28. The third kappa shape index (κ3) is 3.24. The van der Waals surface area contributed by atoms with Crippen molar-refractivity contribution in [1.82, 2.24) is 14.8 Å². The van der Waals surface area contributed by atoms with E-state index >= 15 is 0 Å². The van der Waals surface area contributed by atoms with E-state index in [0.29, 0.717) is 0 Å². The second kappa shape index (κ2) is 5.42. The second-order valence-electron chi connectivity index (χ2n) is 3.66. The van der Waals surface area contributed by atoms with Gasteiger partial charge in [0.2, 0.25) is 5.95 Å². The minimum atomic E-state index is -0.766. The molecule has 0 saturated carbocycles. The highest BCUT2D eigenvalue weighted by Gasteiger charge is 2.12. The molecule has 1 aromatic heterocycles. The summed E-state index contributed by atoms with van der Waals surface area (Å²) in [6, 6.07) is 3.41. The summed E-state index contributed by atoms with van der Waals surface area (Å²) in [5.74, 6) is -2.21. The number of carbonyl (C=O) groups is 1. The fraction of sp³-hybridized carbons (Fsp3) is 0.182. The first-order valence-electron chi connectivity index (χ1n) is 5.29. The van der Waals surface area contributed by atoms with Crippen LogP contribution in [0.2, 0.25) is 0 Å². The molecule has 0 aliphatic heterocycles. The SMILES string of the molecule is Nc1ncn(CC(=O)OCc2c(F)cccc2F)n1. The lowest BCUT2D eigenvalue weighted by Crippen LogP contribution is -2.15. The topological polar surface area (TPSA) is 83.0 Å². The molecule has 2 N–H and O–H groups in total. The van der Waals surface area contributed by atoms with Gasteiger partial charge in [-0.1, -0.05) is 6.07 Å². The maximum atomic E-state index is 13.3. The van der Waals surface area contributed by atoms with Crippen LogP contribution in [0.1, 0.15) is 5.56 Å². The first kappa shape index (κ1) is 12.9. The van der Waals surface area contributed by atoms with Crippen molar-refractivity contribution in [3.8, 4) is 0 Å². The molecule has 0 aliphatic rings. The van der Waals surface area contributed by atoms with Crippen molar-refractivity contribution in [2.24, 2.45) is 0 Å². The van der Waals surface area contributed by atoms with E-state index in [4.69, 9.17) is 10.5 Å². The number of nitrogens with two attached hydrogens (primary N) is 1. The van der Waals surface area contributed by atoms with Gasteiger partial charge < -0.3 is 10.5 Å². The van der Waals surface area contributed by atoms with E-state index in [-0.39, 0.29) is 18.1 Å². The maximum Gasteiger partial charge on any atom is 0.328 e. The van der Waals surface area contributed by atoms with Crippen molar-refractivity contribution in [2.45, 2.75) is 13.2 Å². The first-order chi connectivity index (χ1) is 9.06. The zero-order valence-electron chi connectivity index (χ0n) is 9.72. The van der Waals surface area contributed by atoms with E-state index in [1.54, 1.807) is 0 Å². The molecule has 0 spiro atoms. The largest absolute Gasteiger partial charge is 0.459 e. The smallest absolute Gasteiger partial charge is 0.328 e. The fourth-order valence-electron chi connectivity index (χ4n) is 1.39. The molecule has 0 bridgehead atoms. The summed E-state index contributed by atoms with van der Waals surface area (Å²) in [5.41, 5.74) is 4.97. The predicted octanol–water partition coefficient (Wildman–Crippen LogP) is 0.882. The molecule has 8 heteroatoms. The maximum absolute atomic E-state index is 13.3. The molecule has 1 aromatic carbocycles. The summed E-state index contributed by atoms with van der Waals surface area (Å²) < 4.78 is 32.4. The lowest BCUT2D eigenvalue weighted by molar-refractivity contribution is -0.146. The molecule has 1 heterocycles. The van der Waals surface area contributed by atoms with Crippen LogP contribution in [-0.2, 0) is 22.7 Å². The zero-order chi connectivity index (χ0) is 13.8. The Labute approximate surface area is 106 Å². The molecule has 0 radical (unpaired) electrons. The number of hydrogen-bond donors (Lipinski definition) is 1. The van der Waals surface area contributed by atoms with E-state index in [2.05, 4.69) is 10.1 Å². The molecule has 2 rings (SSSR count). The van der Waals surface area contributed by atoms with Crippen LogP contribution in [0.5, 0.6) is 0 Å². The molecule has 2 aromatic rings. The van der Waals surface area contributed by atoms with E-state index in [1.165, 1.54) is 12.4 Å². The highest BCUT2D eigenvalue weighted by molar-refractivity contribution is 5.69. The Morgan fingerprint density at radius 2 is 2.05 bits per heavy atom. The molecular formula is C11H10F2N4O2. The Morgan fingerprint density at radius 3 is 2.63 bits per heavy atom. The molecular weight excluding hydrogens is 258 g/mol. The van der Waals surface area contributed by atoms with Crippen molar-refractivity contribution in [3.05, 3.63) is 41.7 Å². The average Bonchev–Trinajstić information content (AvgIpc) is 2.74. The number of halogens is 2. The molecule has 0 amide bonds. The second-order valence-corrected chi connectivity index (χ2v) is 3.66. The summed E-state index contributed by atoms with van der Waals surface area (Å²) in [7, 11) is 0. The number of carbonyl (C=O) groups excluding carboxylic acids is 1. The Kier molecular flexibility index (Phi) is 3.69. The quantitative estimate of drug-likeness (QED) is 0.832. The Morgan fingerprint density at radius 1 is 1.37 bits per heavy atom. The van der Waals surface area contributed by atoms with Crippen LogP contribution in [0.15, 0.2) is 24.5 Å². The molecule has 0 atom stereocenters. The first-order valence-corrected chi connectivity index (χ1v) is 5.29. The van der Waals surface area contributed by atoms with Crippen LogP contribution in [0.3, 0.4) is 0 Å².